The Kier molecular flexibility index (Phi) is 5.83. The Labute approximate surface area is 116 Å². The first-order chi connectivity index (χ1) is 8.98. The molecule has 0 fully saturated rings. The van der Waals surface area contributed by atoms with Crippen LogP contribution in [0, 0.1) is 12.3 Å². The van der Waals surface area contributed by atoms with Crippen LogP contribution in [0.5, 0.6) is 5.75 Å². The molecule has 0 aliphatic rings. The number of aliphatic hydroxyl groups excluding tert-OH is 1. The number of aromatic hydroxyl groups is 1. The Morgan fingerprint density at radius 3 is 2.37 bits per heavy atom. The van der Waals surface area contributed by atoms with Gasteiger partial charge in [0, 0.05) is 30.2 Å². The van der Waals surface area contributed by atoms with E-state index in [0.29, 0.717) is 5.75 Å². The molecule has 0 amide bonds. The van der Waals surface area contributed by atoms with Crippen molar-refractivity contribution in [3.05, 3.63) is 29.3 Å². The van der Waals surface area contributed by atoms with Gasteiger partial charge in [-0.3, -0.25) is 0 Å². The summed E-state index contributed by atoms with van der Waals surface area (Å²) in [5.41, 5.74) is 1.90. The molecule has 0 saturated heterocycles. The van der Waals surface area contributed by atoms with E-state index in [0.717, 1.165) is 30.5 Å². The molecule has 0 aliphatic heterocycles. The maximum Gasteiger partial charge on any atom is 0.120 e. The van der Waals surface area contributed by atoms with Crippen LogP contribution in [0.4, 0.5) is 0 Å². The fourth-order valence-electron chi connectivity index (χ4n) is 2.28. The Morgan fingerprint density at radius 1 is 1.26 bits per heavy atom. The quantitative estimate of drug-likeness (QED) is 0.710. The number of phenolic OH excluding ortho intramolecular Hbond substituents is 1. The zero-order valence-electron chi connectivity index (χ0n) is 12.5. The molecule has 0 spiro atoms. The van der Waals surface area contributed by atoms with Crippen molar-refractivity contribution in [3.63, 3.8) is 0 Å². The Balaban J connectivity index is 2.72. The van der Waals surface area contributed by atoms with Crippen molar-refractivity contribution in [2.75, 3.05) is 13.2 Å². The standard InChI is InChI=1S/C16H27NO2/c1-5-16(6-2,11-18)10-17-13(4)14-8-7-12(3)9-15(14)19/h7-9,13,17-19H,5-6,10-11H2,1-4H3. The summed E-state index contributed by atoms with van der Waals surface area (Å²) in [5, 5.41) is 23.0. The van der Waals surface area contributed by atoms with Gasteiger partial charge in [-0.05, 0) is 38.3 Å². The summed E-state index contributed by atoms with van der Waals surface area (Å²) in [4.78, 5) is 0. The fraction of sp³-hybridized carbons (Fsp3) is 0.625. The van der Waals surface area contributed by atoms with E-state index in [1.807, 2.05) is 26.0 Å². The van der Waals surface area contributed by atoms with Gasteiger partial charge in [0.15, 0.2) is 0 Å². The first-order valence-electron chi connectivity index (χ1n) is 7.11. The molecule has 3 N–H and O–H groups in total. The van der Waals surface area contributed by atoms with Gasteiger partial charge in [0.25, 0.3) is 0 Å². The van der Waals surface area contributed by atoms with Gasteiger partial charge < -0.3 is 15.5 Å². The zero-order chi connectivity index (χ0) is 14.5. The van der Waals surface area contributed by atoms with Crippen LogP contribution in [0.2, 0.25) is 0 Å². The van der Waals surface area contributed by atoms with Crippen LogP contribution in [0.3, 0.4) is 0 Å². The molecule has 19 heavy (non-hydrogen) atoms. The second kappa shape index (κ2) is 6.92. The molecule has 1 atom stereocenters. The molecular weight excluding hydrogens is 238 g/mol. The van der Waals surface area contributed by atoms with Gasteiger partial charge in [-0.1, -0.05) is 26.0 Å². The van der Waals surface area contributed by atoms with Crippen LogP contribution in [0.1, 0.15) is 50.8 Å². The van der Waals surface area contributed by atoms with E-state index in [1.165, 1.54) is 0 Å². The maximum absolute atomic E-state index is 9.97. The third-order valence-corrected chi connectivity index (χ3v) is 4.27. The molecule has 0 bridgehead atoms. The Morgan fingerprint density at radius 2 is 1.89 bits per heavy atom. The first kappa shape index (κ1) is 16.0. The smallest absolute Gasteiger partial charge is 0.120 e. The number of nitrogens with one attached hydrogen (secondary N) is 1. The summed E-state index contributed by atoms with van der Waals surface area (Å²) in [7, 11) is 0. The highest BCUT2D eigenvalue weighted by Crippen LogP contribution is 2.28. The lowest BCUT2D eigenvalue weighted by molar-refractivity contribution is 0.110. The second-order valence-corrected chi connectivity index (χ2v) is 5.53. The summed E-state index contributed by atoms with van der Waals surface area (Å²) in [6.07, 6.45) is 1.89. The summed E-state index contributed by atoms with van der Waals surface area (Å²) in [6.45, 7) is 9.17. The number of aliphatic hydroxyl groups is 1. The molecule has 0 aliphatic carbocycles. The van der Waals surface area contributed by atoms with Gasteiger partial charge in [-0.25, -0.2) is 0 Å². The van der Waals surface area contributed by atoms with Gasteiger partial charge in [0.1, 0.15) is 5.75 Å². The van der Waals surface area contributed by atoms with Gasteiger partial charge in [-0.2, -0.15) is 0 Å². The van der Waals surface area contributed by atoms with Gasteiger partial charge in [-0.15, -0.1) is 0 Å². The van der Waals surface area contributed by atoms with Crippen LogP contribution in [-0.2, 0) is 0 Å². The lowest BCUT2D eigenvalue weighted by Gasteiger charge is -2.31. The highest BCUT2D eigenvalue weighted by Gasteiger charge is 2.25. The molecule has 108 valence electrons. The molecule has 0 radical (unpaired) electrons. The largest absolute Gasteiger partial charge is 0.508 e. The van der Waals surface area contributed by atoms with Crippen molar-refractivity contribution in [2.45, 2.75) is 46.6 Å². The summed E-state index contributed by atoms with van der Waals surface area (Å²) < 4.78 is 0. The predicted octanol–water partition coefficient (Wildman–Crippen LogP) is 3.15. The highest BCUT2D eigenvalue weighted by molar-refractivity contribution is 5.37. The van der Waals surface area contributed by atoms with Crippen molar-refractivity contribution in [1.82, 2.24) is 5.32 Å². The van der Waals surface area contributed by atoms with Crippen LogP contribution in [-0.4, -0.2) is 23.4 Å². The van der Waals surface area contributed by atoms with Crippen molar-refractivity contribution >= 4 is 0 Å². The average Bonchev–Trinajstić information content (AvgIpc) is 2.40. The van der Waals surface area contributed by atoms with Crippen molar-refractivity contribution < 1.29 is 10.2 Å². The molecule has 0 heterocycles. The van der Waals surface area contributed by atoms with Gasteiger partial charge >= 0.3 is 0 Å². The SMILES string of the molecule is CCC(CC)(CO)CNC(C)c1ccc(C)cc1O. The molecule has 1 unspecified atom stereocenters. The van der Waals surface area contributed by atoms with Crippen LogP contribution < -0.4 is 5.32 Å². The highest BCUT2D eigenvalue weighted by atomic mass is 16.3. The molecule has 3 nitrogen and oxygen atoms in total. The number of benzene rings is 1. The number of phenols is 1. The number of hydrogen-bond acceptors (Lipinski definition) is 3. The van der Waals surface area contributed by atoms with E-state index in [9.17, 15) is 10.2 Å². The van der Waals surface area contributed by atoms with Crippen LogP contribution in [0.25, 0.3) is 0 Å². The molecule has 1 aromatic rings. The normalized spacial score (nSPS) is 13.5. The molecule has 1 aromatic carbocycles. The minimum atomic E-state index is -0.0609. The van der Waals surface area contributed by atoms with E-state index < -0.39 is 0 Å². The molecule has 0 saturated carbocycles. The average molecular weight is 265 g/mol. The van der Waals surface area contributed by atoms with Crippen molar-refractivity contribution in [3.8, 4) is 5.75 Å². The molecule has 0 aromatic heterocycles. The summed E-state index contributed by atoms with van der Waals surface area (Å²) in [6, 6.07) is 5.82. The Bertz CT molecular complexity index is 391. The van der Waals surface area contributed by atoms with Gasteiger partial charge in [0.05, 0.1) is 0 Å². The second-order valence-electron chi connectivity index (χ2n) is 5.53. The third-order valence-electron chi connectivity index (χ3n) is 4.27. The molecule has 3 heteroatoms. The maximum atomic E-state index is 9.97. The topological polar surface area (TPSA) is 52.5 Å². The molecule has 1 rings (SSSR count). The Hall–Kier alpha value is -1.06. The van der Waals surface area contributed by atoms with E-state index >= 15 is 0 Å². The summed E-state index contributed by atoms with van der Waals surface area (Å²) >= 11 is 0. The zero-order valence-corrected chi connectivity index (χ0v) is 12.5. The monoisotopic (exact) mass is 265 g/mol. The van der Waals surface area contributed by atoms with E-state index in [-0.39, 0.29) is 18.1 Å². The fourth-order valence-corrected chi connectivity index (χ4v) is 2.28. The van der Waals surface area contributed by atoms with Gasteiger partial charge in [0.2, 0.25) is 0 Å². The third kappa shape index (κ3) is 3.95. The minimum Gasteiger partial charge on any atom is -0.508 e. The number of aryl methyl sites for hydroxylation is 1. The molecular formula is C16H27NO2. The number of rotatable bonds is 7. The lowest BCUT2D eigenvalue weighted by Crippen LogP contribution is -2.37. The van der Waals surface area contributed by atoms with Crippen molar-refractivity contribution in [1.29, 1.82) is 0 Å². The lowest BCUT2D eigenvalue weighted by atomic mass is 9.83. The minimum absolute atomic E-state index is 0.0609. The van der Waals surface area contributed by atoms with Crippen molar-refractivity contribution in [2.24, 2.45) is 5.41 Å². The van der Waals surface area contributed by atoms with E-state index in [1.54, 1.807) is 6.07 Å². The summed E-state index contributed by atoms with van der Waals surface area (Å²) in [5.74, 6) is 0.336. The van der Waals surface area contributed by atoms with E-state index in [4.69, 9.17) is 0 Å². The van der Waals surface area contributed by atoms with E-state index in [2.05, 4.69) is 19.2 Å². The number of hydrogen-bond donors (Lipinski definition) is 3. The van der Waals surface area contributed by atoms with Crippen LogP contribution in [0.15, 0.2) is 18.2 Å². The first-order valence-corrected chi connectivity index (χ1v) is 7.11. The van der Waals surface area contributed by atoms with Crippen LogP contribution >= 0.6 is 0 Å². The predicted molar refractivity (Wildman–Crippen MR) is 79.4 cm³/mol.